The number of anilines is 2. The second kappa shape index (κ2) is 11.3. The number of nitrogens with zero attached hydrogens (tertiary/aromatic N) is 1. The first-order chi connectivity index (χ1) is 18.2. The van der Waals surface area contributed by atoms with Crippen molar-refractivity contribution in [1.82, 2.24) is 5.32 Å². The molecule has 0 spiro atoms. The lowest BCUT2D eigenvalue weighted by molar-refractivity contribution is -0.122. The van der Waals surface area contributed by atoms with Gasteiger partial charge in [0.25, 0.3) is 17.7 Å². The minimum absolute atomic E-state index is 0.0249. The average Bonchev–Trinajstić information content (AvgIpc) is 2.88. The van der Waals surface area contributed by atoms with Gasteiger partial charge in [0.15, 0.2) is 18.1 Å². The Morgan fingerprint density at radius 3 is 2.45 bits per heavy atom. The molecule has 0 unspecified atom stereocenters. The normalized spacial score (nSPS) is 14.4. The van der Waals surface area contributed by atoms with Crippen LogP contribution < -0.4 is 25.0 Å². The number of barbiturate groups is 1. The maximum atomic E-state index is 13.3. The first-order valence-electron chi connectivity index (χ1n) is 10.9. The lowest BCUT2D eigenvalue weighted by Gasteiger charge is -2.26. The standard InChI is InChI=1S/C26H18Cl2FN3O6/c1-37-21-12-14(11-19(28)23(21)38-13-22(33)30-20-5-3-2-4-18(20)27)10-17-24(34)31-26(36)32(25(17)35)16-8-6-15(29)7-9-16/h2-12H,13H2,1H3,(H,30,33)(H,31,34,36)/b17-10+. The lowest BCUT2D eigenvalue weighted by atomic mass is 10.1. The fourth-order valence-electron chi connectivity index (χ4n) is 3.50. The van der Waals surface area contributed by atoms with Gasteiger partial charge in [-0.05, 0) is 60.2 Å². The Morgan fingerprint density at radius 1 is 1.05 bits per heavy atom. The highest BCUT2D eigenvalue weighted by atomic mass is 35.5. The van der Waals surface area contributed by atoms with Crippen LogP contribution in [0.5, 0.6) is 11.5 Å². The second-order valence-corrected chi connectivity index (χ2v) is 8.60. The summed E-state index contributed by atoms with van der Waals surface area (Å²) in [5, 5.41) is 5.07. The van der Waals surface area contributed by atoms with Crippen LogP contribution in [0.1, 0.15) is 5.56 Å². The number of nitrogens with one attached hydrogen (secondary N) is 2. The van der Waals surface area contributed by atoms with Crippen molar-refractivity contribution in [3.8, 4) is 11.5 Å². The first kappa shape index (κ1) is 26.6. The van der Waals surface area contributed by atoms with E-state index in [-0.39, 0.29) is 33.3 Å². The molecule has 3 aromatic carbocycles. The van der Waals surface area contributed by atoms with Crippen LogP contribution in [-0.4, -0.2) is 37.5 Å². The van der Waals surface area contributed by atoms with E-state index in [4.69, 9.17) is 32.7 Å². The van der Waals surface area contributed by atoms with Crippen molar-refractivity contribution in [1.29, 1.82) is 0 Å². The summed E-state index contributed by atoms with van der Waals surface area (Å²) in [4.78, 5) is 50.8. The summed E-state index contributed by atoms with van der Waals surface area (Å²) in [5.74, 6) is -2.74. The van der Waals surface area contributed by atoms with Crippen molar-refractivity contribution < 1.29 is 33.0 Å². The van der Waals surface area contributed by atoms with Gasteiger partial charge in [-0.3, -0.25) is 19.7 Å². The van der Waals surface area contributed by atoms with Gasteiger partial charge >= 0.3 is 6.03 Å². The highest BCUT2D eigenvalue weighted by molar-refractivity contribution is 6.39. The van der Waals surface area contributed by atoms with E-state index in [0.717, 1.165) is 12.1 Å². The summed E-state index contributed by atoms with van der Waals surface area (Å²) in [6.07, 6.45) is 1.21. The van der Waals surface area contributed by atoms with Gasteiger partial charge in [-0.1, -0.05) is 35.3 Å². The fraction of sp³-hybridized carbons (Fsp3) is 0.0769. The molecule has 0 aromatic heterocycles. The van der Waals surface area contributed by atoms with Crippen molar-refractivity contribution in [2.45, 2.75) is 0 Å². The number of hydrogen-bond acceptors (Lipinski definition) is 6. The third kappa shape index (κ3) is 5.77. The topological polar surface area (TPSA) is 114 Å². The van der Waals surface area contributed by atoms with Crippen LogP contribution in [0.25, 0.3) is 6.08 Å². The number of carbonyl (C=O) groups is 4. The molecule has 3 aromatic rings. The number of hydrogen-bond donors (Lipinski definition) is 2. The van der Waals surface area contributed by atoms with Gasteiger partial charge in [-0.2, -0.15) is 0 Å². The van der Waals surface area contributed by atoms with E-state index in [2.05, 4.69) is 10.6 Å². The Bertz CT molecular complexity index is 1480. The Labute approximate surface area is 225 Å². The Balaban J connectivity index is 1.56. The molecular formula is C26H18Cl2FN3O6. The molecule has 12 heteroatoms. The molecule has 9 nitrogen and oxygen atoms in total. The van der Waals surface area contributed by atoms with Gasteiger partial charge in [0.05, 0.1) is 28.5 Å². The lowest BCUT2D eigenvalue weighted by Crippen LogP contribution is -2.54. The van der Waals surface area contributed by atoms with Gasteiger partial charge < -0.3 is 14.8 Å². The minimum atomic E-state index is -0.974. The van der Waals surface area contributed by atoms with Gasteiger partial charge in [-0.15, -0.1) is 0 Å². The largest absolute Gasteiger partial charge is 0.493 e. The maximum Gasteiger partial charge on any atom is 0.335 e. The van der Waals surface area contributed by atoms with Crippen LogP contribution in [0.15, 0.2) is 66.2 Å². The number of methoxy groups -OCH3 is 1. The van der Waals surface area contributed by atoms with E-state index in [0.29, 0.717) is 15.6 Å². The minimum Gasteiger partial charge on any atom is -0.493 e. The van der Waals surface area contributed by atoms with Gasteiger partial charge in [-0.25, -0.2) is 14.1 Å². The predicted octanol–water partition coefficient (Wildman–Crippen LogP) is 4.83. The third-order valence-corrected chi connectivity index (χ3v) is 5.86. The summed E-state index contributed by atoms with van der Waals surface area (Å²) in [6.45, 7) is -0.419. The number of rotatable bonds is 7. The number of urea groups is 1. The predicted molar refractivity (Wildman–Crippen MR) is 139 cm³/mol. The molecule has 1 fully saturated rings. The summed E-state index contributed by atoms with van der Waals surface area (Å²) >= 11 is 12.4. The molecule has 0 atom stereocenters. The average molecular weight is 558 g/mol. The first-order valence-corrected chi connectivity index (χ1v) is 11.6. The molecule has 5 amide bonds. The van der Waals surface area contributed by atoms with Crippen LogP contribution in [-0.2, 0) is 14.4 Å². The molecular weight excluding hydrogens is 540 g/mol. The van der Waals surface area contributed by atoms with E-state index in [1.54, 1.807) is 24.3 Å². The summed E-state index contributed by atoms with van der Waals surface area (Å²) in [5.41, 5.74) is 0.375. The second-order valence-electron chi connectivity index (χ2n) is 7.79. The van der Waals surface area contributed by atoms with E-state index in [1.807, 2.05) is 0 Å². The zero-order chi connectivity index (χ0) is 27.4. The van der Waals surface area contributed by atoms with Crippen molar-refractivity contribution in [2.75, 3.05) is 23.9 Å². The molecule has 1 aliphatic heterocycles. The molecule has 0 radical (unpaired) electrons. The zero-order valence-corrected chi connectivity index (χ0v) is 21.1. The summed E-state index contributed by atoms with van der Waals surface area (Å²) in [6, 6.07) is 13.1. The molecule has 194 valence electrons. The molecule has 38 heavy (non-hydrogen) atoms. The zero-order valence-electron chi connectivity index (χ0n) is 19.6. The van der Waals surface area contributed by atoms with Crippen LogP contribution in [0, 0.1) is 5.82 Å². The highest BCUT2D eigenvalue weighted by Gasteiger charge is 2.37. The summed E-state index contributed by atoms with van der Waals surface area (Å²) in [7, 11) is 1.34. The third-order valence-electron chi connectivity index (χ3n) is 5.24. The van der Waals surface area contributed by atoms with Crippen LogP contribution in [0.2, 0.25) is 10.0 Å². The van der Waals surface area contributed by atoms with Gasteiger partial charge in [0, 0.05) is 0 Å². The van der Waals surface area contributed by atoms with E-state index in [9.17, 15) is 23.6 Å². The number of benzene rings is 3. The van der Waals surface area contributed by atoms with Crippen molar-refractivity contribution in [3.63, 3.8) is 0 Å². The smallest absolute Gasteiger partial charge is 0.335 e. The molecule has 1 aliphatic rings. The monoisotopic (exact) mass is 557 g/mol. The number of carbonyl (C=O) groups excluding carboxylic acids is 4. The van der Waals surface area contributed by atoms with E-state index >= 15 is 0 Å². The molecule has 0 bridgehead atoms. The Kier molecular flexibility index (Phi) is 7.94. The quantitative estimate of drug-likeness (QED) is 0.318. The van der Waals surface area contributed by atoms with Crippen molar-refractivity contribution in [3.05, 3.63) is 87.7 Å². The van der Waals surface area contributed by atoms with Crippen LogP contribution >= 0.6 is 23.2 Å². The van der Waals surface area contributed by atoms with Crippen molar-refractivity contribution in [2.24, 2.45) is 0 Å². The number of amides is 5. The number of ether oxygens (including phenoxy) is 2. The molecule has 4 rings (SSSR count). The highest BCUT2D eigenvalue weighted by Crippen LogP contribution is 2.37. The van der Waals surface area contributed by atoms with E-state index < -0.39 is 36.2 Å². The number of para-hydroxylation sites is 1. The molecule has 0 aliphatic carbocycles. The number of halogens is 3. The summed E-state index contributed by atoms with van der Waals surface area (Å²) < 4.78 is 24.2. The van der Waals surface area contributed by atoms with Gasteiger partial charge in [0.1, 0.15) is 11.4 Å². The van der Waals surface area contributed by atoms with E-state index in [1.165, 1.54) is 37.5 Å². The molecule has 0 saturated carbocycles. The Morgan fingerprint density at radius 2 is 1.76 bits per heavy atom. The maximum absolute atomic E-state index is 13.3. The van der Waals surface area contributed by atoms with Crippen LogP contribution in [0.4, 0.5) is 20.6 Å². The SMILES string of the molecule is COc1cc(/C=C2\C(=O)NC(=O)N(c3ccc(F)cc3)C2=O)cc(Cl)c1OCC(=O)Nc1ccccc1Cl. The number of imide groups is 2. The fourth-order valence-corrected chi connectivity index (χ4v) is 3.96. The van der Waals surface area contributed by atoms with Crippen LogP contribution in [0.3, 0.4) is 0 Å². The van der Waals surface area contributed by atoms with Crippen molar-refractivity contribution >= 4 is 64.4 Å². The Hall–Kier alpha value is -4.41. The van der Waals surface area contributed by atoms with Gasteiger partial charge in [0.2, 0.25) is 0 Å². The molecule has 2 N–H and O–H groups in total. The molecule has 1 saturated heterocycles. The molecule has 1 heterocycles.